The average Bonchev–Trinajstić information content (AvgIpc) is 2.94. The summed E-state index contributed by atoms with van der Waals surface area (Å²) in [6, 6.07) is 7.22. The summed E-state index contributed by atoms with van der Waals surface area (Å²) in [5, 5.41) is 10.4. The Kier molecular flexibility index (Phi) is 6.36. The maximum absolute atomic E-state index is 12.7. The minimum absolute atomic E-state index is 0.189. The summed E-state index contributed by atoms with van der Waals surface area (Å²) in [5.41, 5.74) is 2.05. The molecule has 0 aliphatic carbocycles. The summed E-state index contributed by atoms with van der Waals surface area (Å²) in [4.78, 5) is 30.8. The average molecular weight is 387 g/mol. The molecule has 0 radical (unpaired) electrons. The van der Waals surface area contributed by atoms with Gasteiger partial charge >= 0.3 is 0 Å². The van der Waals surface area contributed by atoms with Crippen LogP contribution in [-0.4, -0.2) is 80.1 Å². The van der Waals surface area contributed by atoms with Crippen LogP contribution >= 0.6 is 0 Å². The number of nitrogens with zero attached hydrogens (tertiary/aromatic N) is 3. The quantitative estimate of drug-likeness (QED) is 0.769. The van der Waals surface area contributed by atoms with Gasteiger partial charge in [0.1, 0.15) is 0 Å². The molecule has 152 valence electrons. The first-order valence-electron chi connectivity index (χ1n) is 9.72. The van der Waals surface area contributed by atoms with Gasteiger partial charge in [-0.15, -0.1) is 0 Å². The van der Waals surface area contributed by atoms with Crippen molar-refractivity contribution in [1.82, 2.24) is 9.80 Å². The fourth-order valence-electron chi connectivity index (χ4n) is 3.83. The molecule has 0 bridgehead atoms. The van der Waals surface area contributed by atoms with Gasteiger partial charge in [0, 0.05) is 46.0 Å². The Hall–Kier alpha value is -2.38. The third kappa shape index (κ3) is 4.20. The lowest BCUT2D eigenvalue weighted by atomic mass is 9.96. The summed E-state index contributed by atoms with van der Waals surface area (Å²) in [6.45, 7) is 6.00. The SMILES string of the molecule is CC(=O)C1=C(O)C(=O)N(CCCN2CCOCC2)[C@H]1c1ccc(N(C)C)cc1. The Morgan fingerprint density at radius 1 is 1.18 bits per heavy atom. The molecule has 7 nitrogen and oxygen atoms in total. The van der Waals surface area contributed by atoms with E-state index in [9.17, 15) is 14.7 Å². The minimum Gasteiger partial charge on any atom is -0.503 e. The Morgan fingerprint density at radius 3 is 2.39 bits per heavy atom. The Morgan fingerprint density at radius 2 is 1.82 bits per heavy atom. The van der Waals surface area contributed by atoms with Gasteiger partial charge in [0.2, 0.25) is 0 Å². The van der Waals surface area contributed by atoms with Crippen LogP contribution in [0, 0.1) is 0 Å². The van der Waals surface area contributed by atoms with Gasteiger partial charge in [-0.05, 0) is 31.0 Å². The third-order valence-corrected chi connectivity index (χ3v) is 5.39. The van der Waals surface area contributed by atoms with Crippen LogP contribution in [0.15, 0.2) is 35.6 Å². The molecule has 1 fully saturated rings. The maximum atomic E-state index is 12.7. The van der Waals surface area contributed by atoms with Crippen LogP contribution in [-0.2, 0) is 14.3 Å². The molecule has 1 N–H and O–H groups in total. The number of hydrogen-bond acceptors (Lipinski definition) is 6. The summed E-state index contributed by atoms with van der Waals surface area (Å²) < 4.78 is 5.37. The van der Waals surface area contributed by atoms with Crippen molar-refractivity contribution >= 4 is 17.4 Å². The molecule has 28 heavy (non-hydrogen) atoms. The molecule has 1 aromatic rings. The Balaban J connectivity index is 1.78. The number of ether oxygens (including phenoxy) is 1. The number of amides is 1. The van der Waals surface area contributed by atoms with Gasteiger partial charge in [0.05, 0.1) is 24.8 Å². The lowest BCUT2D eigenvalue weighted by molar-refractivity contribution is -0.129. The first kappa shape index (κ1) is 20.4. The largest absolute Gasteiger partial charge is 0.503 e. The lowest BCUT2D eigenvalue weighted by Crippen LogP contribution is -2.39. The molecular formula is C21H29N3O4. The number of morpholine rings is 1. The number of Topliss-reactive ketones (excluding diaryl/α,β-unsaturated/α-hetero) is 1. The molecule has 1 aromatic carbocycles. The van der Waals surface area contributed by atoms with E-state index in [2.05, 4.69) is 4.90 Å². The van der Waals surface area contributed by atoms with Crippen molar-refractivity contribution in [2.24, 2.45) is 0 Å². The summed E-state index contributed by atoms with van der Waals surface area (Å²) >= 11 is 0. The van der Waals surface area contributed by atoms with E-state index in [1.807, 2.05) is 43.3 Å². The van der Waals surface area contributed by atoms with Crippen molar-refractivity contribution in [3.05, 3.63) is 41.2 Å². The molecule has 2 aliphatic rings. The number of benzene rings is 1. The smallest absolute Gasteiger partial charge is 0.290 e. The van der Waals surface area contributed by atoms with Gasteiger partial charge in [-0.3, -0.25) is 14.5 Å². The van der Waals surface area contributed by atoms with E-state index < -0.39 is 17.7 Å². The second kappa shape index (κ2) is 8.75. The molecule has 1 saturated heterocycles. The highest BCUT2D eigenvalue weighted by Gasteiger charge is 2.42. The number of rotatable bonds is 7. The number of carbonyl (C=O) groups is 2. The topological polar surface area (TPSA) is 73.3 Å². The monoisotopic (exact) mass is 387 g/mol. The number of hydrogen-bond donors (Lipinski definition) is 1. The molecule has 0 saturated carbocycles. The molecule has 1 atom stereocenters. The molecule has 3 rings (SSSR count). The normalized spacial score (nSPS) is 20.8. The van der Waals surface area contributed by atoms with E-state index in [0.717, 1.165) is 50.5 Å². The number of aliphatic hydroxyl groups is 1. The van der Waals surface area contributed by atoms with Crippen LogP contribution in [0.4, 0.5) is 5.69 Å². The van der Waals surface area contributed by atoms with E-state index in [0.29, 0.717) is 6.54 Å². The van der Waals surface area contributed by atoms with Gasteiger partial charge in [-0.2, -0.15) is 0 Å². The van der Waals surface area contributed by atoms with Crippen molar-refractivity contribution in [3.63, 3.8) is 0 Å². The van der Waals surface area contributed by atoms with E-state index in [1.54, 1.807) is 4.90 Å². The molecule has 2 heterocycles. The van der Waals surface area contributed by atoms with Crippen LogP contribution in [0.2, 0.25) is 0 Å². The standard InChI is InChI=1S/C21H29N3O4/c1-15(25)18-19(16-5-7-17(8-6-16)22(2)3)24(21(27)20(18)26)10-4-9-23-11-13-28-14-12-23/h5-8,19,26H,4,9-14H2,1-3H3/t19-/m0/s1. The lowest BCUT2D eigenvalue weighted by Gasteiger charge is -2.30. The second-order valence-electron chi connectivity index (χ2n) is 7.51. The predicted molar refractivity (Wildman–Crippen MR) is 107 cm³/mol. The number of ketones is 1. The van der Waals surface area contributed by atoms with Crippen molar-refractivity contribution in [2.75, 3.05) is 58.4 Å². The molecular weight excluding hydrogens is 358 g/mol. The summed E-state index contributed by atoms with van der Waals surface area (Å²) in [6.07, 6.45) is 0.774. The zero-order valence-electron chi connectivity index (χ0n) is 16.9. The van der Waals surface area contributed by atoms with Crippen molar-refractivity contribution in [3.8, 4) is 0 Å². The van der Waals surface area contributed by atoms with E-state index in [-0.39, 0.29) is 11.4 Å². The van der Waals surface area contributed by atoms with E-state index in [4.69, 9.17) is 4.74 Å². The fourth-order valence-corrected chi connectivity index (χ4v) is 3.83. The van der Waals surface area contributed by atoms with Gasteiger partial charge in [-0.25, -0.2) is 0 Å². The van der Waals surface area contributed by atoms with Crippen molar-refractivity contribution in [2.45, 2.75) is 19.4 Å². The molecule has 1 amide bonds. The van der Waals surface area contributed by atoms with Crippen LogP contribution < -0.4 is 4.90 Å². The molecule has 0 unspecified atom stereocenters. The highest BCUT2D eigenvalue weighted by Crippen LogP contribution is 2.38. The van der Waals surface area contributed by atoms with Gasteiger partial charge in [0.25, 0.3) is 5.91 Å². The first-order chi connectivity index (χ1) is 13.4. The summed E-state index contributed by atoms with van der Waals surface area (Å²) in [7, 11) is 3.91. The molecule has 0 aromatic heterocycles. The van der Waals surface area contributed by atoms with E-state index >= 15 is 0 Å². The van der Waals surface area contributed by atoms with Gasteiger partial charge in [-0.1, -0.05) is 12.1 Å². The maximum Gasteiger partial charge on any atom is 0.290 e. The first-order valence-corrected chi connectivity index (χ1v) is 9.72. The third-order valence-electron chi connectivity index (χ3n) is 5.39. The van der Waals surface area contributed by atoms with Crippen molar-refractivity contribution < 1.29 is 19.4 Å². The van der Waals surface area contributed by atoms with Crippen LogP contribution in [0.3, 0.4) is 0 Å². The van der Waals surface area contributed by atoms with Crippen LogP contribution in [0.1, 0.15) is 24.9 Å². The number of aliphatic hydroxyl groups excluding tert-OH is 1. The van der Waals surface area contributed by atoms with Crippen LogP contribution in [0.25, 0.3) is 0 Å². The second-order valence-corrected chi connectivity index (χ2v) is 7.51. The fraction of sp³-hybridized carbons (Fsp3) is 0.524. The predicted octanol–water partition coefficient (Wildman–Crippen LogP) is 1.76. The molecule has 0 spiro atoms. The number of anilines is 1. The minimum atomic E-state index is -0.536. The van der Waals surface area contributed by atoms with Crippen LogP contribution in [0.5, 0.6) is 0 Å². The van der Waals surface area contributed by atoms with Crippen molar-refractivity contribution in [1.29, 1.82) is 0 Å². The Bertz CT molecular complexity index is 751. The van der Waals surface area contributed by atoms with E-state index in [1.165, 1.54) is 6.92 Å². The number of carbonyl (C=O) groups excluding carboxylic acids is 2. The molecule has 2 aliphatic heterocycles. The molecule has 7 heteroatoms. The highest BCUT2D eigenvalue weighted by molar-refractivity contribution is 6.08. The van der Waals surface area contributed by atoms with Gasteiger partial charge < -0.3 is 19.6 Å². The Labute approximate surface area is 166 Å². The van der Waals surface area contributed by atoms with Gasteiger partial charge in [0.15, 0.2) is 11.5 Å². The summed E-state index contributed by atoms with van der Waals surface area (Å²) in [5.74, 6) is -1.15. The zero-order chi connectivity index (χ0) is 20.3. The zero-order valence-corrected chi connectivity index (χ0v) is 16.9. The highest BCUT2D eigenvalue weighted by atomic mass is 16.5.